The summed E-state index contributed by atoms with van der Waals surface area (Å²) in [4.78, 5) is 22.8. The van der Waals surface area contributed by atoms with Gasteiger partial charge in [-0.15, -0.1) is 23.5 Å². The second kappa shape index (κ2) is 13.3. The van der Waals surface area contributed by atoms with Crippen molar-refractivity contribution in [1.29, 1.82) is 0 Å². The molecule has 10 nitrogen and oxygen atoms in total. The molecule has 2 fully saturated rings. The van der Waals surface area contributed by atoms with Gasteiger partial charge in [0.1, 0.15) is 42.2 Å². The maximum Gasteiger partial charge on any atom is 0.240 e. The Morgan fingerprint density at radius 1 is 1.07 bits per heavy atom. The Balaban J connectivity index is 1.36. The molecule has 1 aromatic carbocycles. The first-order valence-corrected chi connectivity index (χ1v) is 15.6. The topological polar surface area (TPSA) is 146 Å². The number of aliphatic hydroxyl groups excluding tert-OH is 3. The van der Waals surface area contributed by atoms with Gasteiger partial charge in [-0.25, -0.2) is 9.97 Å². The molecule has 3 aliphatic rings. The van der Waals surface area contributed by atoms with E-state index in [0.29, 0.717) is 13.2 Å². The van der Waals surface area contributed by atoms with Crippen molar-refractivity contribution >= 4 is 29.4 Å². The number of hydrogen-bond acceptors (Lipinski definition) is 11. The largest absolute Gasteiger partial charge is 0.388 e. The molecule has 4 heterocycles. The van der Waals surface area contributed by atoms with Crippen LogP contribution in [0.4, 0.5) is 0 Å². The van der Waals surface area contributed by atoms with Crippen molar-refractivity contribution in [2.75, 3.05) is 19.4 Å². The number of nitrogens with zero attached hydrogens (tertiary/aromatic N) is 2. The Kier molecular flexibility index (Phi) is 9.80. The molecule has 3 aliphatic heterocycles. The number of hydrogen-bond donors (Lipinski definition) is 5. The van der Waals surface area contributed by atoms with Crippen LogP contribution in [-0.2, 0) is 14.3 Å². The predicted molar refractivity (Wildman–Crippen MR) is 154 cm³/mol. The Morgan fingerprint density at radius 2 is 1.82 bits per heavy atom. The second-order valence-corrected chi connectivity index (χ2v) is 12.7. The fourth-order valence-electron chi connectivity index (χ4n) is 5.53. The molecule has 2 saturated heterocycles. The van der Waals surface area contributed by atoms with Gasteiger partial charge in [-0.2, -0.15) is 0 Å². The molecular weight excluding hydrogens is 552 g/mol. The van der Waals surface area contributed by atoms with Gasteiger partial charge in [0.15, 0.2) is 0 Å². The summed E-state index contributed by atoms with van der Waals surface area (Å²) in [6.07, 6.45) is 6.40. The molecule has 12 heteroatoms. The molecule has 5 rings (SSSR count). The summed E-state index contributed by atoms with van der Waals surface area (Å²) < 4.78 is 12.1. The van der Waals surface area contributed by atoms with Crippen molar-refractivity contribution in [3.05, 3.63) is 55.1 Å². The number of carbonyl (C=O) groups is 1. The van der Waals surface area contributed by atoms with E-state index in [4.69, 9.17) is 9.47 Å². The number of amides is 1. The molecule has 2 aromatic rings. The lowest BCUT2D eigenvalue weighted by Gasteiger charge is -2.44. The van der Waals surface area contributed by atoms with Crippen LogP contribution in [0.5, 0.6) is 0 Å². The van der Waals surface area contributed by atoms with Crippen molar-refractivity contribution in [2.24, 2.45) is 5.92 Å². The van der Waals surface area contributed by atoms with Crippen molar-refractivity contribution < 1.29 is 29.6 Å². The third kappa shape index (κ3) is 6.39. The van der Waals surface area contributed by atoms with Gasteiger partial charge in [0, 0.05) is 40.6 Å². The standard InChI is InChI=1S/C28H36N4O6S2/c1-15(40-19-8-6-16(7-9-19)18-11-29-14-30-12-18)20(26-23(34)22(33)24(35)28(38-26)39-2)32-27(36)21-25-17(13-31-21)5-3-4-10-37-25/h3-4,6-9,11-12,14-15,17,20-26,28,31,33-35H,5,10,13H2,1-2H3,(H,32,36)/t15-,17?,20+,21?,22?,23?,24+,25+,26+,28?/m0/s1. The zero-order chi connectivity index (χ0) is 28.2. The Morgan fingerprint density at radius 3 is 2.55 bits per heavy atom. The van der Waals surface area contributed by atoms with E-state index in [0.717, 1.165) is 22.4 Å². The van der Waals surface area contributed by atoms with Gasteiger partial charge in [-0.1, -0.05) is 31.2 Å². The van der Waals surface area contributed by atoms with E-state index >= 15 is 0 Å². The SMILES string of the molecule is CSC1O[C@H]([C@H](NC(=O)C2NCC3CC=CCO[C@H]32)[C@H](C)Sc2ccc(-c3cncnc3)cc2)C(O)C(O)[C@H]1O. The molecule has 0 aliphatic carbocycles. The molecule has 5 N–H and O–H groups in total. The third-order valence-corrected chi connectivity index (χ3v) is 9.81. The summed E-state index contributed by atoms with van der Waals surface area (Å²) in [7, 11) is 0. The summed E-state index contributed by atoms with van der Waals surface area (Å²) in [5.41, 5.74) is 1.13. The highest BCUT2D eigenvalue weighted by Crippen LogP contribution is 2.35. The van der Waals surface area contributed by atoms with Crippen molar-refractivity contribution in [1.82, 2.24) is 20.6 Å². The first kappa shape index (κ1) is 29.5. The van der Waals surface area contributed by atoms with E-state index in [2.05, 4.69) is 26.7 Å². The number of rotatable bonds is 8. The van der Waals surface area contributed by atoms with E-state index in [9.17, 15) is 20.1 Å². The van der Waals surface area contributed by atoms with Crippen molar-refractivity contribution in [3.63, 3.8) is 0 Å². The highest BCUT2D eigenvalue weighted by atomic mass is 32.2. The summed E-state index contributed by atoms with van der Waals surface area (Å²) in [5.74, 6) is -0.0500. The van der Waals surface area contributed by atoms with E-state index in [1.807, 2.05) is 37.3 Å². The zero-order valence-corrected chi connectivity index (χ0v) is 24.0. The fourth-order valence-corrected chi connectivity index (χ4v) is 7.30. The molecule has 0 radical (unpaired) electrons. The zero-order valence-electron chi connectivity index (χ0n) is 22.4. The first-order chi connectivity index (χ1) is 19.4. The van der Waals surface area contributed by atoms with Crippen molar-refractivity contribution in [2.45, 2.75) is 71.5 Å². The van der Waals surface area contributed by atoms with Gasteiger partial charge in [0.05, 0.1) is 18.8 Å². The second-order valence-electron chi connectivity index (χ2n) is 10.3. The van der Waals surface area contributed by atoms with Crippen LogP contribution in [0, 0.1) is 5.92 Å². The number of fused-ring (bicyclic) bond motifs is 1. The van der Waals surface area contributed by atoms with Gasteiger partial charge in [0.25, 0.3) is 0 Å². The minimum Gasteiger partial charge on any atom is -0.388 e. The Labute approximate surface area is 242 Å². The monoisotopic (exact) mass is 588 g/mol. The number of ether oxygens (including phenoxy) is 2. The lowest BCUT2D eigenvalue weighted by Crippen LogP contribution is -2.65. The van der Waals surface area contributed by atoms with E-state index < -0.39 is 41.9 Å². The number of carbonyl (C=O) groups excluding carboxylic acids is 1. The van der Waals surface area contributed by atoms with Crippen LogP contribution in [0.15, 0.2) is 60.0 Å². The van der Waals surface area contributed by atoms with Crippen LogP contribution in [0.3, 0.4) is 0 Å². The molecule has 0 spiro atoms. The highest BCUT2D eigenvalue weighted by molar-refractivity contribution is 8.00. The fraction of sp³-hybridized carbons (Fsp3) is 0.536. The predicted octanol–water partition coefficient (Wildman–Crippen LogP) is 1.21. The Hall–Kier alpha value is -2.03. The Bertz CT molecular complexity index is 1160. The molecule has 216 valence electrons. The van der Waals surface area contributed by atoms with Crippen LogP contribution >= 0.6 is 23.5 Å². The first-order valence-electron chi connectivity index (χ1n) is 13.4. The molecule has 40 heavy (non-hydrogen) atoms. The van der Waals surface area contributed by atoms with Crippen molar-refractivity contribution in [3.8, 4) is 11.1 Å². The average molecular weight is 589 g/mol. The van der Waals surface area contributed by atoms with E-state index in [1.165, 1.54) is 29.9 Å². The summed E-state index contributed by atoms with van der Waals surface area (Å²) in [6, 6.07) is 6.70. The minimum absolute atomic E-state index is 0.197. The lowest BCUT2D eigenvalue weighted by atomic mass is 9.92. The van der Waals surface area contributed by atoms with Gasteiger partial charge in [-0.3, -0.25) is 4.79 Å². The third-order valence-electron chi connectivity index (χ3n) is 7.74. The maximum atomic E-state index is 13.7. The quantitative estimate of drug-likeness (QED) is 0.224. The number of allylic oxidation sites excluding steroid dienone is 1. The van der Waals surface area contributed by atoms with Gasteiger partial charge >= 0.3 is 0 Å². The van der Waals surface area contributed by atoms with Crippen LogP contribution in [0.25, 0.3) is 11.1 Å². The van der Waals surface area contributed by atoms with Crippen LogP contribution in [0.1, 0.15) is 13.3 Å². The average Bonchev–Trinajstić information content (AvgIpc) is 3.24. The number of thioether (sulfide) groups is 2. The molecule has 10 atom stereocenters. The number of aliphatic hydroxyl groups is 3. The van der Waals surface area contributed by atoms with Gasteiger partial charge in [0.2, 0.25) is 5.91 Å². The van der Waals surface area contributed by atoms with Gasteiger partial charge in [-0.05, 0) is 30.4 Å². The molecule has 0 saturated carbocycles. The molecular formula is C28H36N4O6S2. The summed E-state index contributed by atoms with van der Waals surface area (Å²) in [6.45, 7) is 3.08. The van der Waals surface area contributed by atoms with E-state index in [-0.39, 0.29) is 23.2 Å². The van der Waals surface area contributed by atoms with Crippen LogP contribution in [0.2, 0.25) is 0 Å². The highest BCUT2D eigenvalue weighted by Gasteiger charge is 2.49. The minimum atomic E-state index is -1.41. The lowest BCUT2D eigenvalue weighted by molar-refractivity contribution is -0.205. The number of nitrogens with one attached hydrogen (secondary N) is 2. The molecule has 1 aromatic heterocycles. The smallest absolute Gasteiger partial charge is 0.240 e. The summed E-state index contributed by atoms with van der Waals surface area (Å²) in [5, 5.41) is 38.2. The maximum absolute atomic E-state index is 13.7. The van der Waals surface area contributed by atoms with Crippen LogP contribution < -0.4 is 10.6 Å². The van der Waals surface area contributed by atoms with Gasteiger partial charge < -0.3 is 35.4 Å². The number of aromatic nitrogens is 2. The number of benzene rings is 1. The van der Waals surface area contributed by atoms with E-state index in [1.54, 1.807) is 18.6 Å². The molecule has 5 unspecified atom stereocenters. The summed E-state index contributed by atoms with van der Waals surface area (Å²) >= 11 is 2.77. The normalized spacial score (nSPS) is 33.5. The van der Waals surface area contributed by atoms with Crippen LogP contribution in [-0.4, -0.2) is 104 Å². The molecule has 0 bridgehead atoms. The molecule has 1 amide bonds.